The Morgan fingerprint density at radius 3 is 2.44 bits per heavy atom. The lowest BCUT2D eigenvalue weighted by molar-refractivity contribution is -0.114. The van der Waals surface area contributed by atoms with Crippen molar-refractivity contribution in [3.63, 3.8) is 0 Å². The molecular formula is C18H15Cl2N5O2. The Balaban J connectivity index is 1.90. The molecule has 0 aliphatic carbocycles. The Bertz CT molecular complexity index is 1030. The average Bonchev–Trinajstić information content (AvgIpc) is 2.98. The van der Waals surface area contributed by atoms with E-state index in [2.05, 4.69) is 20.9 Å². The Morgan fingerprint density at radius 2 is 1.74 bits per heavy atom. The minimum atomic E-state index is -0.477. The van der Waals surface area contributed by atoms with E-state index in [0.29, 0.717) is 32.8 Å². The number of nitrogens with one attached hydrogen (secondary N) is 2. The molecule has 3 rings (SSSR count). The first kappa shape index (κ1) is 18.9. The monoisotopic (exact) mass is 403 g/mol. The maximum Gasteiger partial charge on any atom is 0.278 e. The van der Waals surface area contributed by atoms with Gasteiger partial charge in [0.05, 0.1) is 22.8 Å². The number of halogens is 2. The molecule has 27 heavy (non-hydrogen) atoms. The van der Waals surface area contributed by atoms with Crippen LogP contribution in [0.4, 0.5) is 11.4 Å². The Labute approximate surface area is 165 Å². The molecule has 1 heterocycles. The molecule has 0 aliphatic rings. The second-order valence-corrected chi connectivity index (χ2v) is 6.61. The van der Waals surface area contributed by atoms with Crippen molar-refractivity contribution in [2.75, 3.05) is 10.6 Å². The summed E-state index contributed by atoms with van der Waals surface area (Å²) < 4.78 is 1.52. The lowest BCUT2D eigenvalue weighted by atomic mass is 10.2. The number of amides is 2. The lowest BCUT2D eigenvalue weighted by Crippen LogP contribution is -2.16. The first-order chi connectivity index (χ1) is 12.8. The highest BCUT2D eigenvalue weighted by Crippen LogP contribution is 2.26. The fourth-order valence-electron chi connectivity index (χ4n) is 2.49. The lowest BCUT2D eigenvalue weighted by Gasteiger charge is -2.11. The van der Waals surface area contributed by atoms with Crippen LogP contribution in [0.2, 0.25) is 10.0 Å². The van der Waals surface area contributed by atoms with Gasteiger partial charge in [-0.15, -0.1) is 5.10 Å². The average molecular weight is 404 g/mol. The van der Waals surface area contributed by atoms with Crippen LogP contribution in [0, 0.1) is 6.92 Å². The van der Waals surface area contributed by atoms with Crippen molar-refractivity contribution in [2.45, 2.75) is 13.8 Å². The van der Waals surface area contributed by atoms with Crippen molar-refractivity contribution in [3.8, 4) is 5.69 Å². The largest absolute Gasteiger partial charge is 0.325 e. The highest BCUT2D eigenvalue weighted by Gasteiger charge is 2.19. The second-order valence-electron chi connectivity index (χ2n) is 5.74. The van der Waals surface area contributed by atoms with Crippen molar-refractivity contribution in [1.82, 2.24) is 15.0 Å². The van der Waals surface area contributed by atoms with E-state index in [-0.39, 0.29) is 11.6 Å². The molecule has 2 N–H and O–H groups in total. The first-order valence-corrected chi connectivity index (χ1v) is 8.67. The summed E-state index contributed by atoms with van der Waals surface area (Å²) in [7, 11) is 0. The highest BCUT2D eigenvalue weighted by atomic mass is 35.5. The summed E-state index contributed by atoms with van der Waals surface area (Å²) in [6.07, 6.45) is 0. The summed E-state index contributed by atoms with van der Waals surface area (Å²) >= 11 is 12.0. The molecule has 0 saturated heterocycles. The quantitative estimate of drug-likeness (QED) is 0.686. The molecule has 0 radical (unpaired) electrons. The molecule has 2 amide bonds. The minimum Gasteiger partial charge on any atom is -0.325 e. The van der Waals surface area contributed by atoms with Gasteiger partial charge in [0.25, 0.3) is 5.91 Å². The molecule has 0 atom stereocenters. The van der Waals surface area contributed by atoms with Crippen LogP contribution >= 0.6 is 23.2 Å². The number of hydrogen-bond donors (Lipinski definition) is 2. The number of benzene rings is 2. The Hall–Kier alpha value is -2.90. The van der Waals surface area contributed by atoms with Gasteiger partial charge in [-0.1, -0.05) is 34.5 Å². The molecule has 1 aromatic heterocycles. The van der Waals surface area contributed by atoms with Crippen LogP contribution in [0.15, 0.2) is 42.5 Å². The molecule has 0 unspecified atom stereocenters. The summed E-state index contributed by atoms with van der Waals surface area (Å²) in [5.74, 6) is -0.745. The van der Waals surface area contributed by atoms with Gasteiger partial charge in [0.2, 0.25) is 5.91 Å². The third kappa shape index (κ3) is 4.27. The molecule has 0 bridgehead atoms. The van der Waals surface area contributed by atoms with Crippen molar-refractivity contribution in [2.24, 2.45) is 0 Å². The summed E-state index contributed by atoms with van der Waals surface area (Å²) in [5, 5.41) is 14.3. The van der Waals surface area contributed by atoms with Gasteiger partial charge >= 0.3 is 0 Å². The smallest absolute Gasteiger partial charge is 0.278 e. The van der Waals surface area contributed by atoms with Gasteiger partial charge in [-0.05, 0) is 43.3 Å². The fourth-order valence-corrected chi connectivity index (χ4v) is 2.85. The molecule has 7 nitrogen and oxygen atoms in total. The summed E-state index contributed by atoms with van der Waals surface area (Å²) in [5.41, 5.74) is 2.16. The van der Waals surface area contributed by atoms with Crippen LogP contribution in [0.25, 0.3) is 5.69 Å². The minimum absolute atomic E-state index is 0.142. The number of aromatic nitrogens is 3. The molecular weight excluding hydrogens is 389 g/mol. The zero-order valence-corrected chi connectivity index (χ0v) is 16.0. The molecule has 0 saturated carbocycles. The van der Waals surface area contributed by atoms with Gasteiger partial charge in [0, 0.05) is 17.0 Å². The molecule has 0 fully saturated rings. The fraction of sp³-hybridized carbons (Fsp3) is 0.111. The normalized spacial score (nSPS) is 10.5. The van der Waals surface area contributed by atoms with Crippen molar-refractivity contribution in [3.05, 3.63) is 63.9 Å². The van der Waals surface area contributed by atoms with E-state index in [1.807, 2.05) is 0 Å². The second kappa shape index (κ2) is 7.77. The van der Waals surface area contributed by atoms with E-state index < -0.39 is 5.91 Å². The molecule has 3 aromatic rings. The van der Waals surface area contributed by atoms with E-state index >= 15 is 0 Å². The van der Waals surface area contributed by atoms with Crippen LogP contribution in [0.1, 0.15) is 23.1 Å². The standard InChI is InChI=1S/C18H15Cl2N5O2/c1-10-17(23-24-25(10)14-5-3-4-12(19)8-14)18(27)22-16-9-13(20)6-7-15(16)21-11(2)26/h3-9H,1-2H3,(H,21,26)(H,22,27). The van der Waals surface area contributed by atoms with Crippen molar-refractivity contribution >= 4 is 46.4 Å². The van der Waals surface area contributed by atoms with Gasteiger partial charge in [-0.25, -0.2) is 4.68 Å². The van der Waals surface area contributed by atoms with Crippen LogP contribution in [0.5, 0.6) is 0 Å². The van der Waals surface area contributed by atoms with Gasteiger partial charge < -0.3 is 10.6 Å². The molecule has 0 spiro atoms. The van der Waals surface area contributed by atoms with Gasteiger partial charge in [0.15, 0.2) is 5.69 Å². The number of hydrogen-bond acceptors (Lipinski definition) is 4. The maximum atomic E-state index is 12.7. The number of anilines is 2. The predicted octanol–water partition coefficient (Wildman–Crippen LogP) is 4.09. The van der Waals surface area contributed by atoms with E-state index in [4.69, 9.17) is 23.2 Å². The van der Waals surface area contributed by atoms with Crippen LogP contribution < -0.4 is 10.6 Å². The van der Waals surface area contributed by atoms with Crippen LogP contribution in [-0.2, 0) is 4.79 Å². The van der Waals surface area contributed by atoms with Gasteiger partial charge in [-0.3, -0.25) is 9.59 Å². The maximum absolute atomic E-state index is 12.7. The number of carbonyl (C=O) groups excluding carboxylic acids is 2. The summed E-state index contributed by atoms with van der Waals surface area (Å²) in [6.45, 7) is 3.10. The predicted molar refractivity (Wildman–Crippen MR) is 105 cm³/mol. The van der Waals surface area contributed by atoms with Crippen molar-refractivity contribution < 1.29 is 9.59 Å². The topological polar surface area (TPSA) is 88.9 Å². The van der Waals surface area contributed by atoms with E-state index in [1.54, 1.807) is 49.4 Å². The number of carbonyl (C=O) groups is 2. The Kier molecular flexibility index (Phi) is 5.43. The third-order valence-electron chi connectivity index (χ3n) is 3.70. The van der Waals surface area contributed by atoms with E-state index in [0.717, 1.165) is 0 Å². The highest BCUT2D eigenvalue weighted by molar-refractivity contribution is 6.31. The first-order valence-electron chi connectivity index (χ1n) is 7.92. The third-order valence-corrected chi connectivity index (χ3v) is 4.17. The molecule has 9 heteroatoms. The summed E-state index contributed by atoms with van der Waals surface area (Å²) in [4.78, 5) is 24.0. The zero-order chi connectivity index (χ0) is 19.6. The SMILES string of the molecule is CC(=O)Nc1ccc(Cl)cc1NC(=O)c1nnn(-c2cccc(Cl)c2)c1C. The Morgan fingerprint density at radius 1 is 1.00 bits per heavy atom. The molecule has 2 aromatic carbocycles. The van der Waals surface area contributed by atoms with Crippen LogP contribution in [-0.4, -0.2) is 26.8 Å². The molecule has 0 aliphatic heterocycles. The molecule has 138 valence electrons. The summed E-state index contributed by atoms with van der Waals surface area (Å²) in [6, 6.07) is 11.8. The van der Waals surface area contributed by atoms with Crippen molar-refractivity contribution in [1.29, 1.82) is 0 Å². The number of rotatable bonds is 4. The van der Waals surface area contributed by atoms with Crippen LogP contribution in [0.3, 0.4) is 0 Å². The van der Waals surface area contributed by atoms with E-state index in [1.165, 1.54) is 11.6 Å². The number of nitrogens with zero attached hydrogens (tertiary/aromatic N) is 3. The van der Waals surface area contributed by atoms with Gasteiger partial charge in [-0.2, -0.15) is 0 Å². The van der Waals surface area contributed by atoms with E-state index in [9.17, 15) is 9.59 Å². The van der Waals surface area contributed by atoms with Gasteiger partial charge in [0.1, 0.15) is 0 Å². The zero-order valence-electron chi connectivity index (χ0n) is 14.5.